The second-order valence-electron chi connectivity index (χ2n) is 4.31. The van der Waals surface area contributed by atoms with Gasteiger partial charge in [-0.1, -0.05) is 13.3 Å². The molecule has 1 amide bonds. The minimum atomic E-state index is 0.0397. The predicted octanol–water partition coefficient (Wildman–Crippen LogP) is 1.44. The molecule has 3 nitrogen and oxygen atoms in total. The number of rotatable bonds is 4. The van der Waals surface area contributed by atoms with Gasteiger partial charge in [-0.25, -0.2) is 0 Å². The van der Waals surface area contributed by atoms with Gasteiger partial charge in [0.15, 0.2) is 0 Å². The Morgan fingerprint density at radius 1 is 1.56 bits per heavy atom. The van der Waals surface area contributed by atoms with E-state index in [0.717, 1.165) is 23.8 Å². The minimum absolute atomic E-state index is 0.0397. The highest BCUT2D eigenvalue weighted by Crippen LogP contribution is 2.30. The van der Waals surface area contributed by atoms with Gasteiger partial charge in [0.25, 0.3) is 0 Å². The highest BCUT2D eigenvalue weighted by molar-refractivity contribution is 8.00. The van der Waals surface area contributed by atoms with Gasteiger partial charge in [0, 0.05) is 22.9 Å². The summed E-state index contributed by atoms with van der Waals surface area (Å²) in [4.78, 5) is 12.0. The second kappa shape index (κ2) is 6.17. The topological polar surface area (TPSA) is 41.1 Å². The minimum Gasteiger partial charge on any atom is -0.351 e. The Hall–Kier alpha value is 0.130. The first kappa shape index (κ1) is 12.6. The molecule has 2 N–H and O–H groups in total. The van der Waals surface area contributed by atoms with E-state index in [0.29, 0.717) is 11.3 Å². The first-order chi connectivity index (χ1) is 7.81. The quantitative estimate of drug-likeness (QED) is 0.802. The van der Waals surface area contributed by atoms with Crippen molar-refractivity contribution < 1.29 is 4.79 Å². The first-order valence-electron chi connectivity index (χ1n) is 6.04. The van der Waals surface area contributed by atoms with E-state index in [1.807, 2.05) is 11.8 Å². The van der Waals surface area contributed by atoms with Crippen LogP contribution in [0.3, 0.4) is 0 Å². The average molecular weight is 260 g/mol. The molecule has 1 aliphatic carbocycles. The molecule has 0 radical (unpaired) electrons. The zero-order chi connectivity index (χ0) is 11.4. The van der Waals surface area contributed by atoms with Gasteiger partial charge in [-0.05, 0) is 18.6 Å². The molecule has 0 aromatic rings. The van der Waals surface area contributed by atoms with Gasteiger partial charge in [-0.3, -0.25) is 10.1 Å². The lowest BCUT2D eigenvalue weighted by molar-refractivity contribution is -0.123. The van der Waals surface area contributed by atoms with Crippen LogP contribution >= 0.6 is 23.5 Å². The van der Waals surface area contributed by atoms with Gasteiger partial charge in [0.1, 0.15) is 0 Å². The summed E-state index contributed by atoms with van der Waals surface area (Å²) in [5.74, 6) is 3.19. The Morgan fingerprint density at radius 3 is 3.12 bits per heavy atom. The Balaban J connectivity index is 1.81. The maximum atomic E-state index is 12.0. The molecule has 1 saturated heterocycles. The largest absolute Gasteiger partial charge is 0.351 e. The molecule has 16 heavy (non-hydrogen) atoms. The summed E-state index contributed by atoms with van der Waals surface area (Å²) in [6, 6.07) is 0.447. The summed E-state index contributed by atoms with van der Waals surface area (Å²) in [6.45, 7) is 2.19. The third-order valence-electron chi connectivity index (χ3n) is 3.19. The molecule has 0 aromatic heterocycles. The lowest BCUT2D eigenvalue weighted by atomic mass is 10.2. The van der Waals surface area contributed by atoms with Gasteiger partial charge in [0.2, 0.25) is 5.91 Å². The molecule has 1 heterocycles. The van der Waals surface area contributed by atoms with Gasteiger partial charge in [-0.2, -0.15) is 11.8 Å². The maximum Gasteiger partial charge on any atom is 0.238 e. The van der Waals surface area contributed by atoms with Gasteiger partial charge < -0.3 is 5.32 Å². The van der Waals surface area contributed by atoms with E-state index in [-0.39, 0.29) is 11.9 Å². The van der Waals surface area contributed by atoms with Crippen molar-refractivity contribution >= 4 is 29.4 Å². The molecular formula is C11H20N2OS2. The third kappa shape index (κ3) is 3.08. The van der Waals surface area contributed by atoms with Gasteiger partial charge >= 0.3 is 0 Å². The van der Waals surface area contributed by atoms with Crippen molar-refractivity contribution in [1.29, 1.82) is 0 Å². The standard InChI is InChI=1S/C11H20N2OS2/c1-2-16-10-5-3-4-8(10)13-11(14)9-6-15-7-12-9/h8-10,12H,2-7H2,1H3,(H,13,14). The fourth-order valence-corrected chi connectivity index (χ4v) is 4.49. The summed E-state index contributed by atoms with van der Waals surface area (Å²) in [6.07, 6.45) is 3.68. The molecular weight excluding hydrogens is 240 g/mol. The van der Waals surface area contributed by atoms with Crippen LogP contribution in [0.15, 0.2) is 0 Å². The lowest BCUT2D eigenvalue weighted by Gasteiger charge is -2.21. The highest BCUT2D eigenvalue weighted by Gasteiger charge is 2.31. The molecule has 1 saturated carbocycles. The number of amides is 1. The fourth-order valence-electron chi connectivity index (χ4n) is 2.35. The van der Waals surface area contributed by atoms with Gasteiger partial charge in [-0.15, -0.1) is 11.8 Å². The number of carbonyl (C=O) groups excluding carboxylic acids is 1. The summed E-state index contributed by atoms with van der Waals surface area (Å²) in [5.41, 5.74) is 0. The van der Waals surface area contributed by atoms with Crippen molar-refractivity contribution in [3.63, 3.8) is 0 Å². The van der Waals surface area contributed by atoms with Crippen molar-refractivity contribution in [2.24, 2.45) is 0 Å². The first-order valence-corrected chi connectivity index (χ1v) is 8.24. The van der Waals surface area contributed by atoms with Crippen molar-refractivity contribution in [3.8, 4) is 0 Å². The average Bonchev–Trinajstić information content (AvgIpc) is 2.90. The maximum absolute atomic E-state index is 12.0. The van der Waals surface area contributed by atoms with Crippen LogP contribution in [0.5, 0.6) is 0 Å². The van der Waals surface area contributed by atoms with E-state index < -0.39 is 0 Å². The molecule has 0 aromatic carbocycles. The summed E-state index contributed by atoms with van der Waals surface area (Å²) in [5, 5.41) is 7.08. The number of hydrogen-bond donors (Lipinski definition) is 2. The Labute approximate surface area is 106 Å². The van der Waals surface area contributed by atoms with Crippen LogP contribution in [0.4, 0.5) is 0 Å². The smallest absolute Gasteiger partial charge is 0.238 e. The lowest BCUT2D eigenvalue weighted by Crippen LogP contribution is -2.48. The summed E-state index contributed by atoms with van der Waals surface area (Å²) < 4.78 is 0. The van der Waals surface area contributed by atoms with Crippen LogP contribution < -0.4 is 10.6 Å². The van der Waals surface area contributed by atoms with Crippen LogP contribution in [0.1, 0.15) is 26.2 Å². The van der Waals surface area contributed by atoms with Crippen LogP contribution in [0.25, 0.3) is 0 Å². The van der Waals surface area contributed by atoms with E-state index in [1.165, 1.54) is 12.8 Å². The van der Waals surface area contributed by atoms with Crippen molar-refractivity contribution in [1.82, 2.24) is 10.6 Å². The van der Waals surface area contributed by atoms with E-state index >= 15 is 0 Å². The number of carbonyl (C=O) groups is 1. The second-order valence-corrected chi connectivity index (χ2v) is 6.86. The van der Waals surface area contributed by atoms with E-state index in [9.17, 15) is 4.79 Å². The Bertz CT molecular complexity index is 244. The van der Waals surface area contributed by atoms with Crippen molar-refractivity contribution in [2.75, 3.05) is 17.4 Å². The molecule has 2 aliphatic rings. The number of hydrogen-bond acceptors (Lipinski definition) is 4. The molecule has 0 bridgehead atoms. The number of thioether (sulfide) groups is 2. The molecule has 1 aliphatic heterocycles. The molecule has 2 fully saturated rings. The van der Waals surface area contributed by atoms with Gasteiger partial charge in [0.05, 0.1) is 6.04 Å². The summed E-state index contributed by atoms with van der Waals surface area (Å²) in [7, 11) is 0. The molecule has 92 valence electrons. The van der Waals surface area contributed by atoms with Crippen molar-refractivity contribution in [3.05, 3.63) is 0 Å². The SMILES string of the molecule is CCSC1CCCC1NC(=O)C1CSCN1. The van der Waals surface area contributed by atoms with Crippen LogP contribution in [-0.4, -0.2) is 40.6 Å². The molecule has 3 unspecified atom stereocenters. The predicted molar refractivity (Wildman–Crippen MR) is 72.0 cm³/mol. The van der Waals surface area contributed by atoms with Crippen LogP contribution in [-0.2, 0) is 4.79 Å². The van der Waals surface area contributed by atoms with E-state index in [4.69, 9.17) is 0 Å². The van der Waals surface area contributed by atoms with E-state index in [2.05, 4.69) is 17.6 Å². The third-order valence-corrected chi connectivity index (χ3v) is 5.46. The highest BCUT2D eigenvalue weighted by atomic mass is 32.2. The van der Waals surface area contributed by atoms with Crippen molar-refractivity contribution in [2.45, 2.75) is 43.5 Å². The number of nitrogens with one attached hydrogen (secondary N) is 2. The van der Waals surface area contributed by atoms with E-state index in [1.54, 1.807) is 11.8 Å². The monoisotopic (exact) mass is 260 g/mol. The zero-order valence-electron chi connectivity index (χ0n) is 9.70. The normalized spacial score (nSPS) is 34.2. The fraction of sp³-hybridized carbons (Fsp3) is 0.909. The summed E-state index contributed by atoms with van der Waals surface area (Å²) >= 11 is 3.79. The Morgan fingerprint density at radius 2 is 2.44 bits per heavy atom. The van der Waals surface area contributed by atoms with Crippen LogP contribution in [0.2, 0.25) is 0 Å². The van der Waals surface area contributed by atoms with Crippen LogP contribution in [0, 0.1) is 0 Å². The molecule has 0 spiro atoms. The Kier molecular flexibility index (Phi) is 4.85. The molecule has 3 atom stereocenters. The molecule has 5 heteroatoms. The molecule has 2 rings (SSSR count). The zero-order valence-corrected chi connectivity index (χ0v) is 11.3.